The second kappa shape index (κ2) is 5.46. The predicted molar refractivity (Wildman–Crippen MR) is 62.9 cm³/mol. The number of aromatic nitrogens is 2. The van der Waals surface area contributed by atoms with Gasteiger partial charge in [-0.05, 0) is 14.0 Å². The van der Waals surface area contributed by atoms with Crippen LogP contribution in [0.1, 0.15) is 12.6 Å². The summed E-state index contributed by atoms with van der Waals surface area (Å²) in [5.41, 5.74) is 2.06. The van der Waals surface area contributed by atoms with Crippen LogP contribution in [0.25, 0.3) is 0 Å². The molecule has 0 saturated carbocycles. The first kappa shape index (κ1) is 11.7. The zero-order valence-corrected chi connectivity index (χ0v) is 9.62. The average Bonchev–Trinajstić information content (AvgIpc) is 2.17. The van der Waals surface area contributed by atoms with Gasteiger partial charge in [0.25, 0.3) is 0 Å². The molecule has 0 atom stereocenters. The maximum absolute atomic E-state index is 4.48. The summed E-state index contributed by atoms with van der Waals surface area (Å²) in [5.74, 6) is 0.880. The van der Waals surface area contributed by atoms with E-state index in [9.17, 15) is 0 Å². The first-order chi connectivity index (χ1) is 7.13. The fourth-order valence-corrected chi connectivity index (χ4v) is 1.33. The van der Waals surface area contributed by atoms with Crippen molar-refractivity contribution in [3.63, 3.8) is 0 Å². The lowest BCUT2D eigenvalue weighted by Crippen LogP contribution is -2.21. The van der Waals surface area contributed by atoms with Crippen molar-refractivity contribution in [3.05, 3.63) is 30.2 Å². The standard InChI is InChI=1S/C11H18N4/c1-9(2)8-15(4)11-7-13-6-10(14-11)5-12-3/h6-7,12H,1,5,8H2,2-4H3. The second-order valence-electron chi connectivity index (χ2n) is 3.71. The molecular weight excluding hydrogens is 188 g/mol. The third kappa shape index (κ3) is 3.67. The van der Waals surface area contributed by atoms with E-state index in [1.807, 2.05) is 25.9 Å². The van der Waals surface area contributed by atoms with Crippen LogP contribution in [0.15, 0.2) is 24.5 Å². The fourth-order valence-electron chi connectivity index (χ4n) is 1.33. The molecule has 0 aliphatic carbocycles. The van der Waals surface area contributed by atoms with Crippen LogP contribution in [-0.4, -0.2) is 30.6 Å². The summed E-state index contributed by atoms with van der Waals surface area (Å²) >= 11 is 0. The highest BCUT2D eigenvalue weighted by atomic mass is 15.2. The van der Waals surface area contributed by atoms with E-state index in [4.69, 9.17) is 0 Å². The van der Waals surface area contributed by atoms with Gasteiger partial charge in [0.2, 0.25) is 0 Å². The molecule has 4 heteroatoms. The van der Waals surface area contributed by atoms with E-state index in [2.05, 4.69) is 21.9 Å². The van der Waals surface area contributed by atoms with Crippen LogP contribution >= 0.6 is 0 Å². The second-order valence-corrected chi connectivity index (χ2v) is 3.71. The number of hydrogen-bond donors (Lipinski definition) is 1. The SMILES string of the molecule is C=C(C)CN(C)c1cncc(CNC)n1. The third-order valence-electron chi connectivity index (χ3n) is 1.93. The molecule has 0 saturated heterocycles. The van der Waals surface area contributed by atoms with E-state index in [-0.39, 0.29) is 0 Å². The molecule has 1 heterocycles. The molecule has 0 aliphatic heterocycles. The first-order valence-electron chi connectivity index (χ1n) is 4.94. The summed E-state index contributed by atoms with van der Waals surface area (Å²) in [5, 5.41) is 3.05. The Balaban J connectivity index is 2.75. The van der Waals surface area contributed by atoms with Crippen molar-refractivity contribution in [2.45, 2.75) is 13.5 Å². The van der Waals surface area contributed by atoms with Gasteiger partial charge in [-0.3, -0.25) is 4.98 Å². The van der Waals surface area contributed by atoms with Gasteiger partial charge < -0.3 is 10.2 Å². The van der Waals surface area contributed by atoms with Crippen LogP contribution in [0.3, 0.4) is 0 Å². The molecule has 0 spiro atoms. The molecule has 0 bridgehead atoms. The van der Waals surface area contributed by atoms with Crippen LogP contribution in [0, 0.1) is 0 Å². The summed E-state index contributed by atoms with van der Waals surface area (Å²) < 4.78 is 0. The van der Waals surface area contributed by atoms with Crippen LogP contribution in [0.2, 0.25) is 0 Å². The van der Waals surface area contributed by atoms with Gasteiger partial charge in [0.05, 0.1) is 11.9 Å². The first-order valence-corrected chi connectivity index (χ1v) is 4.94. The molecule has 1 aromatic heterocycles. The van der Waals surface area contributed by atoms with E-state index < -0.39 is 0 Å². The lowest BCUT2D eigenvalue weighted by Gasteiger charge is -2.18. The number of nitrogens with one attached hydrogen (secondary N) is 1. The van der Waals surface area contributed by atoms with Crippen molar-refractivity contribution in [1.82, 2.24) is 15.3 Å². The molecule has 1 rings (SSSR count). The normalized spacial score (nSPS) is 10.1. The highest BCUT2D eigenvalue weighted by Crippen LogP contribution is 2.08. The van der Waals surface area contributed by atoms with Gasteiger partial charge in [0, 0.05) is 26.3 Å². The van der Waals surface area contributed by atoms with Gasteiger partial charge in [0.1, 0.15) is 5.82 Å². The molecule has 0 amide bonds. The van der Waals surface area contributed by atoms with Crippen molar-refractivity contribution < 1.29 is 0 Å². The molecule has 0 radical (unpaired) electrons. The van der Waals surface area contributed by atoms with Crippen LogP contribution in [-0.2, 0) is 6.54 Å². The molecule has 15 heavy (non-hydrogen) atoms. The number of hydrogen-bond acceptors (Lipinski definition) is 4. The van der Waals surface area contributed by atoms with Crippen molar-refractivity contribution in [3.8, 4) is 0 Å². The van der Waals surface area contributed by atoms with Crippen molar-refractivity contribution >= 4 is 5.82 Å². The number of anilines is 1. The molecule has 1 N–H and O–H groups in total. The van der Waals surface area contributed by atoms with Gasteiger partial charge in [-0.1, -0.05) is 12.2 Å². The quantitative estimate of drug-likeness (QED) is 0.735. The smallest absolute Gasteiger partial charge is 0.147 e. The maximum Gasteiger partial charge on any atom is 0.147 e. The minimum atomic E-state index is 0.738. The van der Waals surface area contributed by atoms with E-state index in [0.29, 0.717) is 0 Å². The van der Waals surface area contributed by atoms with E-state index in [1.54, 1.807) is 12.4 Å². The topological polar surface area (TPSA) is 41.1 Å². The lowest BCUT2D eigenvalue weighted by atomic mass is 10.3. The van der Waals surface area contributed by atoms with Crippen molar-refractivity contribution in [2.24, 2.45) is 0 Å². The zero-order chi connectivity index (χ0) is 11.3. The molecule has 82 valence electrons. The molecule has 0 aliphatic rings. The molecule has 0 fully saturated rings. The molecule has 0 unspecified atom stereocenters. The predicted octanol–water partition coefficient (Wildman–Crippen LogP) is 1.21. The van der Waals surface area contributed by atoms with E-state index >= 15 is 0 Å². The number of nitrogens with zero attached hydrogens (tertiary/aromatic N) is 3. The zero-order valence-electron chi connectivity index (χ0n) is 9.62. The van der Waals surface area contributed by atoms with E-state index in [1.165, 1.54) is 0 Å². The highest BCUT2D eigenvalue weighted by Gasteiger charge is 2.03. The van der Waals surface area contributed by atoms with Crippen LogP contribution in [0.5, 0.6) is 0 Å². The lowest BCUT2D eigenvalue weighted by molar-refractivity contribution is 0.778. The Morgan fingerprint density at radius 1 is 1.53 bits per heavy atom. The maximum atomic E-state index is 4.48. The van der Waals surface area contributed by atoms with Gasteiger partial charge in [-0.15, -0.1) is 0 Å². The number of likely N-dealkylation sites (N-methyl/N-ethyl adjacent to an activating group) is 1. The van der Waals surface area contributed by atoms with Gasteiger partial charge >= 0.3 is 0 Å². The largest absolute Gasteiger partial charge is 0.354 e. The van der Waals surface area contributed by atoms with Crippen LogP contribution < -0.4 is 10.2 Å². The van der Waals surface area contributed by atoms with Gasteiger partial charge in [-0.25, -0.2) is 4.98 Å². The Morgan fingerprint density at radius 3 is 2.87 bits per heavy atom. The summed E-state index contributed by atoms with van der Waals surface area (Å²) in [6, 6.07) is 0. The minimum absolute atomic E-state index is 0.738. The summed E-state index contributed by atoms with van der Waals surface area (Å²) in [6.07, 6.45) is 3.54. The van der Waals surface area contributed by atoms with Crippen LogP contribution in [0.4, 0.5) is 5.82 Å². The number of rotatable bonds is 5. The van der Waals surface area contributed by atoms with Gasteiger partial charge in [0.15, 0.2) is 0 Å². The molecule has 4 nitrogen and oxygen atoms in total. The summed E-state index contributed by atoms with van der Waals surface area (Å²) in [6.45, 7) is 7.42. The highest BCUT2D eigenvalue weighted by molar-refractivity contribution is 5.36. The summed E-state index contributed by atoms with van der Waals surface area (Å²) in [7, 11) is 3.88. The Bertz CT molecular complexity index is 335. The molecular formula is C11H18N4. The van der Waals surface area contributed by atoms with Crippen molar-refractivity contribution in [2.75, 3.05) is 25.5 Å². The van der Waals surface area contributed by atoms with Crippen molar-refractivity contribution in [1.29, 1.82) is 0 Å². The third-order valence-corrected chi connectivity index (χ3v) is 1.93. The Morgan fingerprint density at radius 2 is 2.27 bits per heavy atom. The minimum Gasteiger partial charge on any atom is -0.354 e. The average molecular weight is 206 g/mol. The van der Waals surface area contributed by atoms with Gasteiger partial charge in [-0.2, -0.15) is 0 Å². The Labute approximate surface area is 91.0 Å². The molecule has 0 aromatic carbocycles. The Hall–Kier alpha value is -1.42. The summed E-state index contributed by atoms with van der Waals surface area (Å²) in [4.78, 5) is 10.7. The monoisotopic (exact) mass is 206 g/mol. The Kier molecular flexibility index (Phi) is 4.24. The van der Waals surface area contributed by atoms with E-state index in [0.717, 1.165) is 30.2 Å². The fraction of sp³-hybridized carbons (Fsp3) is 0.455. The molecule has 1 aromatic rings.